The molecule has 16 heavy (non-hydrogen) atoms. The van der Waals surface area contributed by atoms with Crippen molar-refractivity contribution in [3.63, 3.8) is 0 Å². The molecule has 1 rings (SSSR count). The van der Waals surface area contributed by atoms with Gasteiger partial charge >= 0.3 is 0 Å². The van der Waals surface area contributed by atoms with Crippen LogP contribution < -0.4 is 0 Å². The molecule has 0 aliphatic carbocycles. The second-order valence-corrected chi connectivity index (χ2v) is 5.09. The number of hydrogen-bond acceptors (Lipinski definition) is 1. The molecular formula is C15H25N. The van der Waals surface area contributed by atoms with Crippen LogP contribution in [0.2, 0.25) is 0 Å². The maximum Gasteiger partial charge on any atom is 0.00748 e. The fraction of sp³-hybridized carbons (Fsp3) is 0.600. The zero-order valence-corrected chi connectivity index (χ0v) is 11.4. The Bertz CT molecular complexity index is 307. The lowest BCUT2D eigenvalue weighted by molar-refractivity contribution is 0.265. The highest BCUT2D eigenvalue weighted by atomic mass is 15.1. The molecule has 0 bridgehead atoms. The van der Waals surface area contributed by atoms with Crippen molar-refractivity contribution in [1.82, 2.24) is 4.90 Å². The third-order valence-corrected chi connectivity index (χ3v) is 3.64. The van der Waals surface area contributed by atoms with Crippen LogP contribution >= 0.6 is 0 Å². The zero-order chi connectivity index (χ0) is 12.2. The zero-order valence-electron chi connectivity index (χ0n) is 11.4. The summed E-state index contributed by atoms with van der Waals surface area (Å²) in [5.74, 6) is 0. The van der Waals surface area contributed by atoms with Crippen LogP contribution in [-0.4, -0.2) is 25.5 Å². The predicted molar refractivity (Wildman–Crippen MR) is 72.0 cm³/mol. The molecule has 1 aromatic carbocycles. The Morgan fingerprint density at radius 3 is 1.88 bits per heavy atom. The van der Waals surface area contributed by atoms with Crippen LogP contribution in [0, 0.1) is 6.92 Å². The number of benzene rings is 1. The molecule has 0 spiro atoms. The molecule has 0 saturated heterocycles. The minimum atomic E-state index is 0.317. The van der Waals surface area contributed by atoms with E-state index in [9.17, 15) is 0 Å². The van der Waals surface area contributed by atoms with Crippen LogP contribution in [0.3, 0.4) is 0 Å². The molecule has 90 valence electrons. The minimum absolute atomic E-state index is 0.317. The summed E-state index contributed by atoms with van der Waals surface area (Å²) in [6, 6.07) is 9.05. The Morgan fingerprint density at radius 1 is 1.00 bits per heavy atom. The van der Waals surface area contributed by atoms with E-state index in [1.165, 1.54) is 24.0 Å². The van der Waals surface area contributed by atoms with Crippen molar-refractivity contribution in [3.05, 3.63) is 35.4 Å². The average molecular weight is 219 g/mol. The Hall–Kier alpha value is -0.820. The summed E-state index contributed by atoms with van der Waals surface area (Å²) >= 11 is 0. The van der Waals surface area contributed by atoms with E-state index < -0.39 is 0 Å². The summed E-state index contributed by atoms with van der Waals surface area (Å²) in [6.07, 6.45) is 2.40. The molecule has 1 aromatic rings. The van der Waals surface area contributed by atoms with Gasteiger partial charge in [-0.15, -0.1) is 0 Å². The standard InChI is InChI=1S/C15H25N/c1-6-15(7-2,12-16(4)5)14-10-8-13(3)9-11-14/h8-11H,6-7,12H2,1-5H3. The van der Waals surface area contributed by atoms with Crippen LogP contribution in [0.1, 0.15) is 37.8 Å². The van der Waals surface area contributed by atoms with E-state index in [0.29, 0.717) is 5.41 Å². The second-order valence-electron chi connectivity index (χ2n) is 5.09. The second kappa shape index (κ2) is 5.49. The molecule has 0 aliphatic heterocycles. The third kappa shape index (κ3) is 2.85. The van der Waals surface area contributed by atoms with Crippen molar-refractivity contribution >= 4 is 0 Å². The van der Waals surface area contributed by atoms with Crippen molar-refractivity contribution in [2.45, 2.75) is 39.0 Å². The van der Waals surface area contributed by atoms with E-state index in [2.05, 4.69) is 64.0 Å². The number of aryl methyl sites for hydroxylation is 1. The van der Waals surface area contributed by atoms with Gasteiger partial charge < -0.3 is 4.90 Å². The highest BCUT2D eigenvalue weighted by Crippen LogP contribution is 2.32. The van der Waals surface area contributed by atoms with Crippen molar-refractivity contribution in [3.8, 4) is 0 Å². The molecule has 0 amide bonds. The van der Waals surface area contributed by atoms with E-state index in [4.69, 9.17) is 0 Å². The van der Waals surface area contributed by atoms with Crippen molar-refractivity contribution < 1.29 is 0 Å². The SMILES string of the molecule is CCC(CC)(CN(C)C)c1ccc(C)cc1. The van der Waals surface area contributed by atoms with E-state index in [1.807, 2.05) is 0 Å². The first-order chi connectivity index (χ1) is 7.54. The monoisotopic (exact) mass is 219 g/mol. The van der Waals surface area contributed by atoms with Gasteiger partial charge in [0.05, 0.1) is 0 Å². The molecule has 0 heterocycles. The Kier molecular flexibility index (Phi) is 4.55. The predicted octanol–water partition coefficient (Wildman–Crippen LogP) is 3.61. The summed E-state index contributed by atoms with van der Waals surface area (Å²) < 4.78 is 0. The molecule has 0 fully saturated rings. The highest BCUT2D eigenvalue weighted by molar-refractivity contribution is 5.29. The molecule has 0 N–H and O–H groups in total. The van der Waals surface area contributed by atoms with Gasteiger partial charge in [0.1, 0.15) is 0 Å². The fourth-order valence-electron chi connectivity index (χ4n) is 2.49. The third-order valence-electron chi connectivity index (χ3n) is 3.64. The quantitative estimate of drug-likeness (QED) is 0.731. The van der Waals surface area contributed by atoms with Gasteiger partial charge in [-0.2, -0.15) is 0 Å². The van der Waals surface area contributed by atoms with Gasteiger partial charge in [0.25, 0.3) is 0 Å². The Balaban J connectivity index is 3.04. The fourth-order valence-corrected chi connectivity index (χ4v) is 2.49. The van der Waals surface area contributed by atoms with Crippen molar-refractivity contribution in [1.29, 1.82) is 0 Å². The van der Waals surface area contributed by atoms with Gasteiger partial charge in [-0.25, -0.2) is 0 Å². The first-order valence-corrected chi connectivity index (χ1v) is 6.26. The van der Waals surface area contributed by atoms with Crippen LogP contribution in [0.15, 0.2) is 24.3 Å². The number of hydrogen-bond donors (Lipinski definition) is 0. The van der Waals surface area contributed by atoms with Gasteiger partial charge in [-0.1, -0.05) is 43.7 Å². The summed E-state index contributed by atoms with van der Waals surface area (Å²) in [4.78, 5) is 2.30. The number of likely N-dealkylation sites (N-methyl/N-ethyl adjacent to an activating group) is 1. The van der Waals surface area contributed by atoms with Crippen molar-refractivity contribution in [2.75, 3.05) is 20.6 Å². The molecule has 1 nitrogen and oxygen atoms in total. The normalized spacial score (nSPS) is 12.1. The van der Waals surface area contributed by atoms with E-state index in [0.717, 1.165) is 6.54 Å². The molecule has 0 atom stereocenters. The van der Waals surface area contributed by atoms with Crippen LogP contribution in [0.25, 0.3) is 0 Å². The summed E-state index contributed by atoms with van der Waals surface area (Å²) in [7, 11) is 4.32. The molecule has 0 radical (unpaired) electrons. The lowest BCUT2D eigenvalue weighted by Crippen LogP contribution is -2.36. The maximum absolute atomic E-state index is 2.30. The summed E-state index contributed by atoms with van der Waals surface area (Å²) in [5, 5.41) is 0. The first-order valence-electron chi connectivity index (χ1n) is 6.26. The van der Waals surface area contributed by atoms with Gasteiger partial charge in [0, 0.05) is 12.0 Å². The van der Waals surface area contributed by atoms with Gasteiger partial charge in [0.2, 0.25) is 0 Å². The maximum atomic E-state index is 2.30. The lowest BCUT2D eigenvalue weighted by atomic mass is 9.75. The summed E-state index contributed by atoms with van der Waals surface area (Å²) in [5.41, 5.74) is 3.14. The molecule has 0 aromatic heterocycles. The van der Waals surface area contributed by atoms with Crippen molar-refractivity contribution in [2.24, 2.45) is 0 Å². The van der Waals surface area contributed by atoms with Crippen LogP contribution in [-0.2, 0) is 5.41 Å². The highest BCUT2D eigenvalue weighted by Gasteiger charge is 2.28. The van der Waals surface area contributed by atoms with E-state index >= 15 is 0 Å². The molecule has 0 aliphatic rings. The number of nitrogens with zero attached hydrogens (tertiary/aromatic N) is 1. The van der Waals surface area contributed by atoms with Crippen LogP contribution in [0.4, 0.5) is 0 Å². The molecule has 1 heteroatoms. The number of rotatable bonds is 5. The smallest absolute Gasteiger partial charge is 0.00748 e. The average Bonchev–Trinajstić information content (AvgIpc) is 2.27. The van der Waals surface area contributed by atoms with E-state index in [-0.39, 0.29) is 0 Å². The lowest BCUT2D eigenvalue weighted by Gasteiger charge is -2.35. The van der Waals surface area contributed by atoms with E-state index in [1.54, 1.807) is 0 Å². The summed E-state index contributed by atoms with van der Waals surface area (Å²) in [6.45, 7) is 7.87. The van der Waals surface area contributed by atoms with Gasteiger partial charge in [-0.3, -0.25) is 0 Å². The minimum Gasteiger partial charge on any atom is -0.309 e. The Morgan fingerprint density at radius 2 is 1.50 bits per heavy atom. The van der Waals surface area contributed by atoms with Gasteiger partial charge in [-0.05, 0) is 39.4 Å². The van der Waals surface area contributed by atoms with Crippen LogP contribution in [0.5, 0.6) is 0 Å². The molecule has 0 unspecified atom stereocenters. The Labute approximate surface area is 100 Å². The molecule has 0 saturated carbocycles. The molecular weight excluding hydrogens is 194 g/mol. The topological polar surface area (TPSA) is 3.24 Å². The largest absolute Gasteiger partial charge is 0.309 e. The van der Waals surface area contributed by atoms with Gasteiger partial charge in [0.15, 0.2) is 0 Å². The first kappa shape index (κ1) is 13.2.